The Morgan fingerprint density at radius 1 is 0.750 bits per heavy atom. The molecule has 0 amide bonds. The Labute approximate surface area is 124 Å². The second-order valence-electron chi connectivity index (χ2n) is 4.44. The van der Waals surface area contributed by atoms with Crippen molar-refractivity contribution >= 4 is 18.5 Å². The summed E-state index contributed by atoms with van der Waals surface area (Å²) >= 11 is 5.38. The average Bonchev–Trinajstić information content (AvgIpc) is 2.44. The van der Waals surface area contributed by atoms with E-state index in [0.717, 1.165) is 11.1 Å². The topological polar surface area (TPSA) is 27.7 Å². The lowest BCUT2D eigenvalue weighted by Gasteiger charge is -2.21. The van der Waals surface area contributed by atoms with Crippen molar-refractivity contribution in [3.63, 3.8) is 0 Å². The Balaban J connectivity index is 2.14. The maximum absolute atomic E-state index is 5.72. The summed E-state index contributed by atoms with van der Waals surface area (Å²) in [5.74, 6) is 1.29. The van der Waals surface area contributed by atoms with E-state index < -0.39 is 6.72 Å². The van der Waals surface area contributed by atoms with Gasteiger partial charge in [-0.2, -0.15) is 0 Å². The van der Waals surface area contributed by atoms with E-state index in [1.807, 2.05) is 62.4 Å². The van der Waals surface area contributed by atoms with Crippen LogP contribution in [0.3, 0.4) is 0 Å². The Bertz CT molecular complexity index is 557. The zero-order valence-corrected chi connectivity index (χ0v) is 13.4. The van der Waals surface area contributed by atoms with Crippen molar-refractivity contribution in [1.82, 2.24) is 0 Å². The Hall–Kier alpha value is -1.35. The highest BCUT2D eigenvalue weighted by Crippen LogP contribution is 2.49. The highest BCUT2D eigenvalue weighted by atomic mass is 32.5. The number of benzene rings is 2. The fraction of sp³-hybridized carbons (Fsp3) is 0.200. The van der Waals surface area contributed by atoms with Crippen LogP contribution in [0, 0.1) is 13.8 Å². The van der Waals surface area contributed by atoms with Crippen LogP contribution in [0.15, 0.2) is 48.5 Å². The molecule has 5 heteroatoms. The van der Waals surface area contributed by atoms with E-state index in [9.17, 15) is 0 Å². The molecule has 0 aromatic heterocycles. The molecular formula is C15H17O3PS. The highest BCUT2D eigenvalue weighted by molar-refractivity contribution is 8.07. The van der Waals surface area contributed by atoms with Gasteiger partial charge in [0, 0.05) is 18.9 Å². The first-order chi connectivity index (χ1) is 9.50. The molecule has 0 aliphatic carbocycles. The third kappa shape index (κ3) is 4.07. The van der Waals surface area contributed by atoms with Gasteiger partial charge in [-0.25, -0.2) is 0 Å². The molecule has 2 aromatic carbocycles. The third-order valence-corrected chi connectivity index (χ3v) is 4.91. The van der Waals surface area contributed by atoms with Crippen molar-refractivity contribution in [2.45, 2.75) is 13.8 Å². The zero-order valence-electron chi connectivity index (χ0n) is 11.7. The van der Waals surface area contributed by atoms with E-state index in [2.05, 4.69) is 0 Å². The lowest BCUT2D eigenvalue weighted by Crippen LogP contribution is -2.02. The van der Waals surface area contributed by atoms with Crippen LogP contribution in [0.5, 0.6) is 11.5 Å². The van der Waals surface area contributed by atoms with E-state index in [0.29, 0.717) is 11.5 Å². The SMILES string of the molecule is COP(=S)(Oc1ccc(C)cc1)Oc1ccc(C)cc1. The molecule has 0 unspecified atom stereocenters. The predicted molar refractivity (Wildman–Crippen MR) is 84.9 cm³/mol. The minimum absolute atomic E-state index is 0.646. The van der Waals surface area contributed by atoms with Crippen molar-refractivity contribution in [1.29, 1.82) is 0 Å². The molecule has 0 bridgehead atoms. The summed E-state index contributed by atoms with van der Waals surface area (Å²) < 4.78 is 16.7. The van der Waals surface area contributed by atoms with E-state index in [4.69, 9.17) is 25.4 Å². The molecule has 2 aromatic rings. The summed E-state index contributed by atoms with van der Waals surface area (Å²) in [6.45, 7) is 1.18. The molecule has 0 radical (unpaired) electrons. The molecule has 2 rings (SSSR count). The van der Waals surface area contributed by atoms with Gasteiger partial charge in [0.25, 0.3) is 0 Å². The summed E-state index contributed by atoms with van der Waals surface area (Å²) in [6, 6.07) is 15.2. The molecule has 0 spiro atoms. The lowest BCUT2D eigenvalue weighted by atomic mass is 10.2. The minimum atomic E-state index is -2.84. The first-order valence-corrected chi connectivity index (χ1v) is 8.75. The van der Waals surface area contributed by atoms with Gasteiger partial charge >= 0.3 is 6.72 Å². The van der Waals surface area contributed by atoms with Gasteiger partial charge in [-0.15, -0.1) is 0 Å². The van der Waals surface area contributed by atoms with Crippen LogP contribution >= 0.6 is 6.72 Å². The summed E-state index contributed by atoms with van der Waals surface area (Å²) in [6.07, 6.45) is 0. The normalized spacial score (nSPS) is 11.2. The lowest BCUT2D eigenvalue weighted by molar-refractivity contribution is 0.319. The van der Waals surface area contributed by atoms with Gasteiger partial charge in [0.2, 0.25) is 0 Å². The van der Waals surface area contributed by atoms with Crippen LogP contribution in [0.2, 0.25) is 0 Å². The molecule has 0 fully saturated rings. The van der Waals surface area contributed by atoms with Crippen LogP contribution in [0.25, 0.3) is 0 Å². The van der Waals surface area contributed by atoms with Crippen LogP contribution in [-0.2, 0) is 16.3 Å². The van der Waals surface area contributed by atoms with Crippen LogP contribution in [-0.4, -0.2) is 7.11 Å². The summed E-state index contributed by atoms with van der Waals surface area (Å²) in [4.78, 5) is 0. The predicted octanol–water partition coefficient (Wildman–Crippen LogP) is 4.63. The standard InChI is InChI=1S/C15H17O3PS/c1-12-4-8-14(9-5-12)17-19(20,16-3)18-15-10-6-13(2)7-11-15/h4-11H,1-3H3. The third-order valence-electron chi connectivity index (χ3n) is 2.70. The van der Waals surface area contributed by atoms with Crippen LogP contribution in [0.4, 0.5) is 0 Å². The monoisotopic (exact) mass is 308 g/mol. The van der Waals surface area contributed by atoms with Crippen molar-refractivity contribution in [2.75, 3.05) is 7.11 Å². The first kappa shape index (κ1) is 15.0. The van der Waals surface area contributed by atoms with Crippen molar-refractivity contribution < 1.29 is 13.6 Å². The van der Waals surface area contributed by atoms with E-state index >= 15 is 0 Å². The van der Waals surface area contributed by atoms with Gasteiger partial charge in [0.15, 0.2) is 0 Å². The molecule has 20 heavy (non-hydrogen) atoms. The molecular weight excluding hydrogens is 291 g/mol. The maximum Gasteiger partial charge on any atom is 0.434 e. The van der Waals surface area contributed by atoms with Gasteiger partial charge in [0.1, 0.15) is 11.5 Å². The summed E-state index contributed by atoms with van der Waals surface area (Å²) in [5, 5.41) is 0. The zero-order chi connectivity index (χ0) is 14.6. The molecule has 0 heterocycles. The highest BCUT2D eigenvalue weighted by Gasteiger charge is 2.22. The first-order valence-electron chi connectivity index (χ1n) is 6.19. The number of rotatable bonds is 5. The van der Waals surface area contributed by atoms with Gasteiger partial charge in [-0.05, 0) is 38.1 Å². The molecule has 3 nitrogen and oxygen atoms in total. The Kier molecular flexibility index (Phi) is 4.81. The smallest absolute Gasteiger partial charge is 0.416 e. The molecule has 0 aliphatic heterocycles. The van der Waals surface area contributed by atoms with Crippen molar-refractivity contribution in [3.05, 3.63) is 59.7 Å². The fourth-order valence-corrected chi connectivity index (χ4v) is 3.01. The van der Waals surface area contributed by atoms with Gasteiger partial charge in [-0.1, -0.05) is 35.4 Å². The maximum atomic E-state index is 5.72. The van der Waals surface area contributed by atoms with E-state index in [1.54, 1.807) is 0 Å². The van der Waals surface area contributed by atoms with Crippen molar-refractivity contribution in [2.24, 2.45) is 0 Å². The Morgan fingerprint density at radius 2 is 1.10 bits per heavy atom. The molecule has 106 valence electrons. The fourth-order valence-electron chi connectivity index (χ4n) is 1.55. The van der Waals surface area contributed by atoms with E-state index in [-0.39, 0.29) is 0 Å². The number of hydrogen-bond donors (Lipinski definition) is 0. The van der Waals surface area contributed by atoms with Crippen LogP contribution in [0.1, 0.15) is 11.1 Å². The van der Waals surface area contributed by atoms with Gasteiger partial charge in [0.05, 0.1) is 0 Å². The average molecular weight is 308 g/mol. The molecule has 0 atom stereocenters. The quantitative estimate of drug-likeness (QED) is 0.753. The van der Waals surface area contributed by atoms with Gasteiger partial charge < -0.3 is 9.05 Å². The second kappa shape index (κ2) is 6.40. The van der Waals surface area contributed by atoms with Crippen molar-refractivity contribution in [3.8, 4) is 11.5 Å². The minimum Gasteiger partial charge on any atom is -0.416 e. The largest absolute Gasteiger partial charge is 0.434 e. The summed E-state index contributed by atoms with van der Waals surface area (Å²) in [7, 11) is 1.50. The molecule has 0 saturated carbocycles. The molecule has 0 saturated heterocycles. The molecule has 0 aliphatic rings. The molecule has 0 N–H and O–H groups in total. The second-order valence-corrected chi connectivity index (χ2v) is 7.40. The number of aryl methyl sites for hydroxylation is 2. The van der Waals surface area contributed by atoms with E-state index in [1.165, 1.54) is 7.11 Å². The number of hydrogen-bond acceptors (Lipinski definition) is 4. The Morgan fingerprint density at radius 3 is 1.40 bits per heavy atom. The van der Waals surface area contributed by atoms with Gasteiger partial charge in [-0.3, -0.25) is 4.52 Å². The summed E-state index contributed by atoms with van der Waals surface area (Å²) in [5.41, 5.74) is 2.31. The van der Waals surface area contributed by atoms with Crippen LogP contribution < -0.4 is 9.05 Å².